The molecule has 0 bridgehead atoms. The van der Waals surface area contributed by atoms with Gasteiger partial charge in [-0.15, -0.1) is 0 Å². The number of Topliss-reactive ketones (excluding diaryl/α,β-unsaturated/α-hetero) is 1. The third-order valence-electron chi connectivity index (χ3n) is 7.06. The summed E-state index contributed by atoms with van der Waals surface area (Å²) >= 11 is 0. The van der Waals surface area contributed by atoms with E-state index in [1.807, 2.05) is 57.3 Å². The number of aromatic nitrogens is 3. The van der Waals surface area contributed by atoms with Crippen LogP contribution in [0.1, 0.15) is 67.6 Å². The molecule has 0 aliphatic carbocycles. The zero-order valence-electron chi connectivity index (χ0n) is 23.7. The molecule has 0 atom stereocenters. The highest BCUT2D eigenvalue weighted by Gasteiger charge is 2.17. The van der Waals surface area contributed by atoms with Crippen molar-refractivity contribution in [3.05, 3.63) is 112 Å². The first-order valence-corrected chi connectivity index (χ1v) is 13.6. The molecule has 4 rings (SSSR count). The summed E-state index contributed by atoms with van der Waals surface area (Å²) in [7, 11) is 0. The van der Waals surface area contributed by atoms with Crippen LogP contribution in [-0.4, -0.2) is 26.4 Å². The lowest BCUT2D eigenvalue weighted by Crippen LogP contribution is -2.18. The summed E-state index contributed by atoms with van der Waals surface area (Å²) in [5.74, 6) is 0.138. The third kappa shape index (κ3) is 7.53. The number of ketones is 1. The first kappa shape index (κ1) is 28.0. The number of allylic oxidation sites excluding steroid dienone is 2. The molecule has 0 aliphatic heterocycles. The van der Waals surface area contributed by atoms with E-state index in [1.165, 1.54) is 11.1 Å². The van der Waals surface area contributed by atoms with Crippen molar-refractivity contribution >= 4 is 22.4 Å². The Morgan fingerprint density at radius 3 is 2.46 bits per heavy atom. The fourth-order valence-corrected chi connectivity index (χ4v) is 4.77. The summed E-state index contributed by atoms with van der Waals surface area (Å²) in [6.07, 6.45) is 10.0. The fraction of sp³-hybridized carbons (Fsp3) is 0.324. The van der Waals surface area contributed by atoms with E-state index in [1.54, 1.807) is 12.5 Å². The maximum Gasteiger partial charge on any atom is 0.141 e. The molecule has 0 saturated carbocycles. The first-order valence-electron chi connectivity index (χ1n) is 13.6. The van der Waals surface area contributed by atoms with Gasteiger partial charge in [-0.25, -0.2) is 9.97 Å². The highest BCUT2D eigenvalue weighted by molar-refractivity contribution is 5.98. The van der Waals surface area contributed by atoms with Crippen molar-refractivity contribution in [3.8, 4) is 0 Å². The molecular weight excluding hydrogens is 480 g/mol. The second-order valence-electron chi connectivity index (χ2n) is 11.4. The lowest BCUT2D eigenvalue weighted by Gasteiger charge is -2.18. The van der Waals surface area contributed by atoms with Gasteiger partial charge in [0.25, 0.3) is 0 Å². The van der Waals surface area contributed by atoms with Crippen molar-refractivity contribution in [3.63, 3.8) is 0 Å². The van der Waals surface area contributed by atoms with E-state index in [-0.39, 0.29) is 11.2 Å². The lowest BCUT2D eigenvalue weighted by atomic mass is 9.87. The third-order valence-corrected chi connectivity index (χ3v) is 7.06. The zero-order valence-corrected chi connectivity index (χ0v) is 23.7. The molecule has 5 heteroatoms. The minimum atomic E-state index is -0.278. The maximum absolute atomic E-state index is 13.2. The summed E-state index contributed by atoms with van der Waals surface area (Å²) in [6, 6.07) is 16.5. The highest BCUT2D eigenvalue weighted by Crippen LogP contribution is 2.24. The van der Waals surface area contributed by atoms with E-state index in [2.05, 4.69) is 53.1 Å². The van der Waals surface area contributed by atoms with Crippen LogP contribution in [0.25, 0.3) is 10.9 Å². The molecule has 5 nitrogen and oxygen atoms in total. The van der Waals surface area contributed by atoms with E-state index < -0.39 is 0 Å². The van der Waals surface area contributed by atoms with Gasteiger partial charge in [0.1, 0.15) is 12.1 Å². The lowest BCUT2D eigenvalue weighted by molar-refractivity contribution is -0.117. The van der Waals surface area contributed by atoms with Crippen molar-refractivity contribution in [1.29, 1.82) is 5.41 Å². The second kappa shape index (κ2) is 12.2. The fourth-order valence-electron chi connectivity index (χ4n) is 4.77. The van der Waals surface area contributed by atoms with Crippen LogP contribution in [0.3, 0.4) is 0 Å². The van der Waals surface area contributed by atoms with Crippen LogP contribution < -0.4 is 0 Å². The van der Waals surface area contributed by atoms with Crippen molar-refractivity contribution in [2.24, 2.45) is 5.41 Å². The SMILES string of the molecule is CCc1cc2ncnc(Cc3cccc(CC(=O)C/C(=C/C(=N)C(C)(C)C)Cc4cccnc4)c3)c2cc1C. The molecule has 0 aliphatic rings. The van der Waals surface area contributed by atoms with Crippen molar-refractivity contribution in [2.45, 2.75) is 66.7 Å². The van der Waals surface area contributed by atoms with E-state index in [4.69, 9.17) is 5.41 Å². The normalized spacial score (nSPS) is 12.1. The predicted octanol–water partition coefficient (Wildman–Crippen LogP) is 7.22. The molecule has 2 aromatic heterocycles. The van der Waals surface area contributed by atoms with Crippen LogP contribution >= 0.6 is 0 Å². The maximum atomic E-state index is 13.2. The molecule has 0 radical (unpaired) electrons. The molecule has 0 saturated heterocycles. The number of carbonyl (C=O) groups excluding carboxylic acids is 1. The topological polar surface area (TPSA) is 79.6 Å². The summed E-state index contributed by atoms with van der Waals surface area (Å²) in [4.78, 5) is 26.6. The number of hydrogen-bond donors (Lipinski definition) is 1. The Balaban J connectivity index is 1.51. The van der Waals surface area contributed by atoms with Crippen LogP contribution in [-0.2, 0) is 30.5 Å². The van der Waals surface area contributed by atoms with Gasteiger partial charge in [0.15, 0.2) is 0 Å². The van der Waals surface area contributed by atoms with Crippen molar-refractivity contribution in [1.82, 2.24) is 15.0 Å². The number of rotatable bonds is 10. The largest absolute Gasteiger partial charge is 0.305 e. The van der Waals surface area contributed by atoms with E-state index in [0.717, 1.165) is 45.3 Å². The highest BCUT2D eigenvalue weighted by atomic mass is 16.1. The van der Waals surface area contributed by atoms with Gasteiger partial charge < -0.3 is 5.41 Å². The molecule has 39 heavy (non-hydrogen) atoms. The molecule has 1 N–H and O–H groups in total. The Kier molecular flexibility index (Phi) is 8.80. The van der Waals surface area contributed by atoms with Gasteiger partial charge in [-0.1, -0.05) is 63.6 Å². The Bertz CT molecular complexity index is 1510. The number of aryl methyl sites for hydroxylation is 2. The van der Waals surface area contributed by atoms with Crippen LogP contribution in [0.4, 0.5) is 0 Å². The van der Waals surface area contributed by atoms with Crippen LogP contribution in [0, 0.1) is 17.7 Å². The molecular formula is C34H38N4O. The van der Waals surface area contributed by atoms with E-state index >= 15 is 0 Å². The number of fused-ring (bicyclic) bond motifs is 1. The van der Waals surface area contributed by atoms with Crippen LogP contribution in [0.15, 0.2) is 78.9 Å². The van der Waals surface area contributed by atoms with Gasteiger partial charge in [0.2, 0.25) is 0 Å². The Morgan fingerprint density at radius 2 is 1.74 bits per heavy atom. The number of hydrogen-bond acceptors (Lipinski definition) is 5. The molecule has 0 fully saturated rings. The number of benzene rings is 2. The van der Waals surface area contributed by atoms with Gasteiger partial charge in [0, 0.05) is 48.2 Å². The number of nitrogens with zero attached hydrogens (tertiary/aromatic N) is 3. The predicted molar refractivity (Wildman–Crippen MR) is 159 cm³/mol. The second-order valence-corrected chi connectivity index (χ2v) is 11.4. The summed E-state index contributed by atoms with van der Waals surface area (Å²) in [5, 5.41) is 9.60. The molecule has 200 valence electrons. The van der Waals surface area contributed by atoms with Crippen molar-refractivity contribution in [2.75, 3.05) is 0 Å². The number of pyridine rings is 1. The van der Waals surface area contributed by atoms with Gasteiger partial charge >= 0.3 is 0 Å². The Morgan fingerprint density at radius 1 is 0.974 bits per heavy atom. The van der Waals surface area contributed by atoms with Crippen LogP contribution in [0.2, 0.25) is 0 Å². The summed E-state index contributed by atoms with van der Waals surface area (Å²) < 4.78 is 0. The minimum absolute atomic E-state index is 0.138. The summed E-state index contributed by atoms with van der Waals surface area (Å²) in [5.41, 5.74) is 8.88. The quantitative estimate of drug-likeness (QED) is 0.225. The van der Waals surface area contributed by atoms with E-state index in [9.17, 15) is 4.79 Å². The summed E-state index contributed by atoms with van der Waals surface area (Å²) in [6.45, 7) is 10.4. The minimum Gasteiger partial charge on any atom is -0.305 e. The number of nitrogens with one attached hydrogen (secondary N) is 1. The molecule has 2 heterocycles. The zero-order chi connectivity index (χ0) is 28.0. The first-order chi connectivity index (χ1) is 18.6. The molecule has 4 aromatic rings. The standard InChI is InChI=1S/C34H38N4O/c1-6-28-20-32-30(13-23(28)2)31(37-22-38-32)18-25-10-7-9-24(14-25)16-29(39)17-27(19-33(35)34(3,4)5)15-26-11-8-12-36-21-26/h7-14,19-22,35H,6,15-18H2,1-5H3/b27-19+,35-33?. The Labute approximate surface area is 232 Å². The van der Waals surface area contributed by atoms with Gasteiger partial charge in [-0.3, -0.25) is 9.78 Å². The molecule has 0 amide bonds. The Hall–Kier alpha value is -3.99. The molecule has 0 unspecified atom stereocenters. The smallest absolute Gasteiger partial charge is 0.141 e. The van der Waals surface area contributed by atoms with Crippen LogP contribution in [0.5, 0.6) is 0 Å². The average molecular weight is 519 g/mol. The average Bonchev–Trinajstić information content (AvgIpc) is 2.89. The van der Waals surface area contributed by atoms with Gasteiger partial charge in [-0.2, -0.15) is 0 Å². The molecule has 0 spiro atoms. The van der Waals surface area contributed by atoms with E-state index in [0.29, 0.717) is 31.4 Å². The monoisotopic (exact) mass is 518 g/mol. The molecule has 2 aromatic carbocycles. The van der Waals surface area contributed by atoms with Gasteiger partial charge in [0.05, 0.1) is 11.2 Å². The number of carbonyl (C=O) groups is 1. The van der Waals surface area contributed by atoms with Crippen molar-refractivity contribution < 1.29 is 4.79 Å². The van der Waals surface area contributed by atoms with Gasteiger partial charge in [-0.05, 0) is 71.9 Å².